The Morgan fingerprint density at radius 3 is 2.73 bits per heavy atom. The quantitative estimate of drug-likeness (QED) is 0.514. The van der Waals surface area contributed by atoms with Crippen LogP contribution in [0, 0.1) is 0 Å². The van der Waals surface area contributed by atoms with E-state index in [1.807, 2.05) is 48.5 Å². The van der Waals surface area contributed by atoms with E-state index in [0.717, 1.165) is 15.6 Å². The molecule has 3 aromatic rings. The van der Waals surface area contributed by atoms with E-state index in [0.29, 0.717) is 11.5 Å². The number of aromatic nitrogens is 1. The molecule has 0 unspecified atom stereocenters. The third-order valence-electron chi connectivity index (χ3n) is 2.96. The minimum absolute atomic E-state index is 0.0121. The SMILES string of the molecule is O=C(/C=C/c1ccc(Br)cc1)OCc1nc2ccccc2o1. The van der Waals surface area contributed by atoms with E-state index in [4.69, 9.17) is 9.15 Å². The average Bonchev–Trinajstić information content (AvgIpc) is 2.95. The van der Waals surface area contributed by atoms with Crippen molar-refractivity contribution in [3.63, 3.8) is 0 Å². The van der Waals surface area contributed by atoms with Gasteiger partial charge in [0.1, 0.15) is 5.52 Å². The Labute approximate surface area is 135 Å². The van der Waals surface area contributed by atoms with Gasteiger partial charge in [-0.1, -0.05) is 40.2 Å². The van der Waals surface area contributed by atoms with Gasteiger partial charge in [0.05, 0.1) is 0 Å². The highest BCUT2D eigenvalue weighted by atomic mass is 79.9. The molecule has 0 radical (unpaired) electrons. The van der Waals surface area contributed by atoms with Gasteiger partial charge in [0.15, 0.2) is 12.2 Å². The fourth-order valence-electron chi connectivity index (χ4n) is 1.90. The first-order valence-electron chi connectivity index (χ1n) is 6.65. The van der Waals surface area contributed by atoms with Gasteiger partial charge in [0.2, 0.25) is 5.89 Å². The molecule has 0 spiro atoms. The highest BCUT2D eigenvalue weighted by Crippen LogP contribution is 2.15. The molecular formula is C17H12BrNO3. The van der Waals surface area contributed by atoms with Crippen molar-refractivity contribution in [3.8, 4) is 0 Å². The fourth-order valence-corrected chi connectivity index (χ4v) is 2.17. The number of nitrogens with zero attached hydrogens (tertiary/aromatic N) is 1. The Morgan fingerprint density at radius 2 is 1.95 bits per heavy atom. The van der Waals surface area contributed by atoms with Crippen molar-refractivity contribution in [1.29, 1.82) is 0 Å². The van der Waals surface area contributed by atoms with Gasteiger partial charge in [-0.3, -0.25) is 0 Å². The molecule has 0 saturated heterocycles. The predicted molar refractivity (Wildman–Crippen MR) is 87.0 cm³/mol. The van der Waals surface area contributed by atoms with Crippen LogP contribution in [-0.4, -0.2) is 11.0 Å². The van der Waals surface area contributed by atoms with Crippen molar-refractivity contribution in [3.05, 3.63) is 70.5 Å². The van der Waals surface area contributed by atoms with Crippen molar-refractivity contribution >= 4 is 39.1 Å². The molecule has 0 fully saturated rings. The second kappa shape index (κ2) is 6.58. The number of oxazole rings is 1. The number of benzene rings is 2. The largest absolute Gasteiger partial charge is 0.453 e. The molecule has 0 aliphatic rings. The predicted octanol–water partition coefficient (Wildman–Crippen LogP) is 4.35. The van der Waals surface area contributed by atoms with Crippen molar-refractivity contribution in [2.75, 3.05) is 0 Å². The Morgan fingerprint density at radius 1 is 1.18 bits per heavy atom. The summed E-state index contributed by atoms with van der Waals surface area (Å²) in [7, 11) is 0. The molecule has 2 aromatic carbocycles. The summed E-state index contributed by atoms with van der Waals surface area (Å²) in [5.41, 5.74) is 2.35. The summed E-state index contributed by atoms with van der Waals surface area (Å²) in [6.07, 6.45) is 3.08. The lowest BCUT2D eigenvalue weighted by Crippen LogP contribution is -2.00. The van der Waals surface area contributed by atoms with Crippen LogP contribution in [0.15, 0.2) is 63.5 Å². The highest BCUT2D eigenvalue weighted by molar-refractivity contribution is 9.10. The van der Waals surface area contributed by atoms with Gasteiger partial charge >= 0.3 is 5.97 Å². The van der Waals surface area contributed by atoms with Gasteiger partial charge in [0.25, 0.3) is 0 Å². The Balaban J connectivity index is 1.58. The van der Waals surface area contributed by atoms with Crippen LogP contribution in [0.2, 0.25) is 0 Å². The fraction of sp³-hybridized carbons (Fsp3) is 0.0588. The maximum Gasteiger partial charge on any atom is 0.331 e. The number of hydrogen-bond donors (Lipinski definition) is 0. The summed E-state index contributed by atoms with van der Waals surface area (Å²) in [5.74, 6) is -0.0585. The first-order valence-corrected chi connectivity index (χ1v) is 7.45. The molecule has 0 amide bonds. The molecule has 4 nitrogen and oxygen atoms in total. The summed E-state index contributed by atoms with van der Waals surface area (Å²) < 4.78 is 11.6. The molecule has 0 atom stereocenters. The third-order valence-corrected chi connectivity index (χ3v) is 3.49. The zero-order valence-corrected chi connectivity index (χ0v) is 13.1. The molecule has 5 heteroatoms. The highest BCUT2D eigenvalue weighted by Gasteiger charge is 2.06. The van der Waals surface area contributed by atoms with Crippen LogP contribution in [0.3, 0.4) is 0 Å². The second-order valence-corrected chi connectivity index (χ2v) is 5.48. The van der Waals surface area contributed by atoms with Crippen LogP contribution < -0.4 is 0 Å². The number of rotatable bonds is 4. The summed E-state index contributed by atoms with van der Waals surface area (Å²) >= 11 is 3.36. The van der Waals surface area contributed by atoms with E-state index in [9.17, 15) is 4.79 Å². The Bertz CT molecular complexity index is 788. The molecule has 3 rings (SSSR count). The standard InChI is InChI=1S/C17H12BrNO3/c18-13-8-5-12(6-9-13)7-10-17(20)21-11-16-19-14-3-1-2-4-15(14)22-16/h1-10H,11H2/b10-7+. The number of esters is 1. The smallest absolute Gasteiger partial charge is 0.331 e. The van der Waals surface area contributed by atoms with Crippen LogP contribution in [-0.2, 0) is 16.1 Å². The van der Waals surface area contributed by atoms with Crippen LogP contribution in [0.4, 0.5) is 0 Å². The van der Waals surface area contributed by atoms with E-state index < -0.39 is 5.97 Å². The summed E-state index contributed by atoms with van der Waals surface area (Å²) in [6.45, 7) is 0.0121. The minimum atomic E-state index is -0.440. The van der Waals surface area contributed by atoms with Crippen LogP contribution in [0.25, 0.3) is 17.2 Å². The number of para-hydroxylation sites is 2. The molecule has 0 aliphatic carbocycles. The molecule has 0 N–H and O–H groups in total. The summed E-state index contributed by atoms with van der Waals surface area (Å²) in [5, 5.41) is 0. The van der Waals surface area contributed by atoms with Gasteiger partial charge in [-0.2, -0.15) is 0 Å². The number of carbonyl (C=O) groups excluding carboxylic acids is 1. The molecule has 1 aromatic heterocycles. The van der Waals surface area contributed by atoms with E-state index in [1.165, 1.54) is 6.08 Å². The van der Waals surface area contributed by atoms with Crippen LogP contribution in [0.5, 0.6) is 0 Å². The third kappa shape index (κ3) is 3.62. The van der Waals surface area contributed by atoms with Gasteiger partial charge in [-0.25, -0.2) is 9.78 Å². The first kappa shape index (κ1) is 14.5. The van der Waals surface area contributed by atoms with Gasteiger partial charge in [-0.05, 0) is 35.9 Å². The number of halogens is 1. The zero-order chi connectivity index (χ0) is 15.4. The lowest BCUT2D eigenvalue weighted by molar-refractivity contribution is -0.139. The van der Waals surface area contributed by atoms with Crippen LogP contribution >= 0.6 is 15.9 Å². The number of fused-ring (bicyclic) bond motifs is 1. The van der Waals surface area contributed by atoms with Gasteiger partial charge < -0.3 is 9.15 Å². The summed E-state index contributed by atoms with van der Waals surface area (Å²) in [6, 6.07) is 15.0. The monoisotopic (exact) mass is 357 g/mol. The van der Waals surface area contributed by atoms with E-state index >= 15 is 0 Å². The molecular weight excluding hydrogens is 346 g/mol. The maximum absolute atomic E-state index is 11.7. The van der Waals surface area contributed by atoms with Gasteiger partial charge in [-0.15, -0.1) is 0 Å². The lowest BCUT2D eigenvalue weighted by Gasteiger charge is -1.97. The average molecular weight is 358 g/mol. The normalized spacial score (nSPS) is 11.1. The Kier molecular flexibility index (Phi) is 4.34. The van der Waals surface area contributed by atoms with E-state index in [1.54, 1.807) is 6.08 Å². The number of ether oxygens (including phenoxy) is 1. The van der Waals surface area contributed by atoms with Crippen LogP contribution in [0.1, 0.15) is 11.5 Å². The Hall–Kier alpha value is -2.40. The first-order chi connectivity index (χ1) is 10.7. The van der Waals surface area contributed by atoms with Crippen molar-refractivity contribution < 1.29 is 13.9 Å². The number of carbonyl (C=O) groups is 1. The maximum atomic E-state index is 11.7. The molecule has 110 valence electrons. The second-order valence-electron chi connectivity index (χ2n) is 4.57. The number of hydrogen-bond acceptors (Lipinski definition) is 4. The van der Waals surface area contributed by atoms with Crippen molar-refractivity contribution in [2.24, 2.45) is 0 Å². The van der Waals surface area contributed by atoms with Crippen molar-refractivity contribution in [1.82, 2.24) is 4.98 Å². The lowest BCUT2D eigenvalue weighted by atomic mass is 10.2. The van der Waals surface area contributed by atoms with Gasteiger partial charge in [0, 0.05) is 10.5 Å². The minimum Gasteiger partial charge on any atom is -0.453 e. The van der Waals surface area contributed by atoms with Crippen molar-refractivity contribution in [2.45, 2.75) is 6.61 Å². The van der Waals surface area contributed by atoms with E-state index in [-0.39, 0.29) is 6.61 Å². The molecule has 22 heavy (non-hydrogen) atoms. The van der Waals surface area contributed by atoms with E-state index in [2.05, 4.69) is 20.9 Å². The molecule has 0 aliphatic heterocycles. The topological polar surface area (TPSA) is 52.3 Å². The molecule has 0 bridgehead atoms. The molecule has 0 saturated carbocycles. The summed E-state index contributed by atoms with van der Waals surface area (Å²) in [4.78, 5) is 15.9. The zero-order valence-electron chi connectivity index (χ0n) is 11.5. The molecule has 1 heterocycles.